The summed E-state index contributed by atoms with van der Waals surface area (Å²) in [6, 6.07) is 9.60. The highest BCUT2D eigenvalue weighted by molar-refractivity contribution is 8.00. The molecule has 1 amide bonds. The number of para-hydroxylation sites is 1. The molecule has 144 valence electrons. The molecule has 1 aromatic heterocycles. The third kappa shape index (κ3) is 3.06. The topological polar surface area (TPSA) is 88.1 Å². The third-order valence-corrected chi connectivity index (χ3v) is 6.52. The zero-order chi connectivity index (χ0) is 19.8. The van der Waals surface area contributed by atoms with Gasteiger partial charge in [-0.15, -0.1) is 11.8 Å². The monoisotopic (exact) mass is 396 g/mol. The van der Waals surface area contributed by atoms with Crippen molar-refractivity contribution < 1.29 is 4.79 Å². The van der Waals surface area contributed by atoms with Crippen LogP contribution >= 0.6 is 11.8 Å². The average Bonchev–Trinajstić information content (AvgIpc) is 3.09. The molecule has 0 N–H and O–H groups in total. The van der Waals surface area contributed by atoms with Crippen LogP contribution in [0.1, 0.15) is 31.0 Å². The molecule has 2 aliphatic rings. The maximum atomic E-state index is 13.1. The Balaban J connectivity index is 1.74. The molecule has 0 spiro atoms. The molecule has 0 bridgehead atoms. The van der Waals surface area contributed by atoms with E-state index >= 15 is 0 Å². The van der Waals surface area contributed by atoms with Gasteiger partial charge in [0.2, 0.25) is 5.91 Å². The van der Waals surface area contributed by atoms with Crippen LogP contribution in [0.2, 0.25) is 0 Å². The number of amides is 1. The molecule has 1 aromatic carbocycles. The first kappa shape index (κ1) is 18.6. The van der Waals surface area contributed by atoms with E-state index in [4.69, 9.17) is 0 Å². The summed E-state index contributed by atoms with van der Waals surface area (Å²) >= 11 is 1.72. The molecule has 0 radical (unpaired) electrons. The van der Waals surface area contributed by atoms with Crippen molar-refractivity contribution in [3.63, 3.8) is 0 Å². The highest BCUT2D eigenvalue weighted by Gasteiger charge is 2.27. The van der Waals surface area contributed by atoms with Crippen LogP contribution in [0.3, 0.4) is 0 Å². The molecule has 7 nitrogen and oxygen atoms in total. The van der Waals surface area contributed by atoms with Crippen LogP contribution in [0.25, 0.3) is 0 Å². The van der Waals surface area contributed by atoms with Crippen LogP contribution in [0.4, 0.5) is 5.69 Å². The van der Waals surface area contributed by atoms with E-state index in [-0.39, 0.29) is 18.0 Å². The van der Waals surface area contributed by atoms with Gasteiger partial charge >= 0.3 is 5.69 Å². The minimum Gasteiger partial charge on any atom is -0.310 e. The summed E-state index contributed by atoms with van der Waals surface area (Å²) < 4.78 is 2.38. The highest BCUT2D eigenvalue weighted by atomic mass is 32.2. The Hall–Kier alpha value is -2.79. The van der Waals surface area contributed by atoms with Crippen molar-refractivity contribution in [3.8, 4) is 6.07 Å². The zero-order valence-electron chi connectivity index (χ0n) is 15.6. The number of benzene rings is 1. The Morgan fingerprint density at radius 2 is 2.07 bits per heavy atom. The van der Waals surface area contributed by atoms with Gasteiger partial charge in [-0.2, -0.15) is 5.26 Å². The van der Waals surface area contributed by atoms with Gasteiger partial charge in [0.25, 0.3) is 5.56 Å². The minimum atomic E-state index is -0.667. The van der Waals surface area contributed by atoms with E-state index in [1.807, 2.05) is 30.3 Å². The largest absolute Gasteiger partial charge is 0.331 e. The molecule has 1 atom stereocenters. The summed E-state index contributed by atoms with van der Waals surface area (Å²) in [5.41, 5.74) is 0.101. The number of nitrogens with zero attached hydrogens (tertiary/aromatic N) is 4. The number of rotatable bonds is 2. The summed E-state index contributed by atoms with van der Waals surface area (Å²) in [6.07, 6.45) is 2.07. The van der Waals surface area contributed by atoms with Crippen LogP contribution in [0.15, 0.2) is 38.8 Å². The quantitative estimate of drug-likeness (QED) is 0.772. The molecule has 0 aliphatic carbocycles. The third-order valence-electron chi connectivity index (χ3n) is 5.28. The molecule has 3 heterocycles. The number of fused-ring (bicyclic) bond motifs is 2. The summed E-state index contributed by atoms with van der Waals surface area (Å²) in [4.78, 5) is 41.3. The number of hydrogen-bond donors (Lipinski definition) is 0. The highest BCUT2D eigenvalue weighted by Crippen LogP contribution is 2.37. The molecule has 0 saturated carbocycles. The van der Waals surface area contributed by atoms with Crippen molar-refractivity contribution in [1.29, 1.82) is 5.26 Å². The lowest BCUT2D eigenvalue weighted by atomic mass is 10.2. The number of hydrogen-bond acceptors (Lipinski definition) is 5. The lowest BCUT2D eigenvalue weighted by Crippen LogP contribution is -2.46. The lowest BCUT2D eigenvalue weighted by Gasteiger charge is -2.23. The van der Waals surface area contributed by atoms with Gasteiger partial charge < -0.3 is 4.90 Å². The average molecular weight is 396 g/mol. The second-order valence-corrected chi connectivity index (χ2v) is 8.57. The number of carbonyl (C=O) groups excluding carboxylic acids is 1. The summed E-state index contributed by atoms with van der Waals surface area (Å²) in [5, 5.41) is 9.76. The van der Waals surface area contributed by atoms with Gasteiger partial charge in [0.1, 0.15) is 18.2 Å². The standard InChI is InChI=1S/C20H20N4O3S/c1-13-8-10-22(16-5-2-3-7-17(16)28-13)18(25)12-24-19(26)14(11-21)15-6-4-9-23(15)20(24)27/h2-3,5,7,13H,4,6,8-10,12H2,1H3/t13-/m1/s1. The van der Waals surface area contributed by atoms with E-state index in [0.717, 1.165) is 28.0 Å². The van der Waals surface area contributed by atoms with Gasteiger partial charge in [0, 0.05) is 28.9 Å². The van der Waals surface area contributed by atoms with Crippen LogP contribution in [0.5, 0.6) is 0 Å². The number of aromatic nitrogens is 2. The Kier molecular flexibility index (Phi) is 4.85. The van der Waals surface area contributed by atoms with E-state index in [2.05, 4.69) is 6.92 Å². The molecule has 0 saturated heterocycles. The molecule has 28 heavy (non-hydrogen) atoms. The molecule has 2 aromatic rings. The Bertz CT molecular complexity index is 1110. The van der Waals surface area contributed by atoms with E-state index in [1.165, 1.54) is 4.57 Å². The van der Waals surface area contributed by atoms with Crippen molar-refractivity contribution in [2.75, 3.05) is 11.4 Å². The van der Waals surface area contributed by atoms with Gasteiger partial charge in [0.15, 0.2) is 0 Å². The maximum absolute atomic E-state index is 13.1. The number of carbonyl (C=O) groups is 1. The van der Waals surface area contributed by atoms with Crippen molar-refractivity contribution in [1.82, 2.24) is 9.13 Å². The fourth-order valence-corrected chi connectivity index (χ4v) is 4.97. The van der Waals surface area contributed by atoms with Crippen molar-refractivity contribution in [3.05, 3.63) is 56.4 Å². The molecule has 8 heteroatoms. The fourth-order valence-electron chi connectivity index (χ4n) is 3.85. The van der Waals surface area contributed by atoms with Gasteiger partial charge in [0.05, 0.1) is 5.69 Å². The van der Waals surface area contributed by atoms with Crippen LogP contribution in [-0.2, 0) is 24.3 Å². The molecular weight excluding hydrogens is 376 g/mol. The Labute approximate surface area is 166 Å². The SMILES string of the molecule is C[C@@H]1CCN(C(=O)Cn2c(=O)c(C#N)c3n(c2=O)CCC3)c2ccccc2S1. The van der Waals surface area contributed by atoms with Crippen molar-refractivity contribution in [2.24, 2.45) is 0 Å². The number of nitriles is 1. The summed E-state index contributed by atoms with van der Waals surface area (Å²) in [6.45, 7) is 2.75. The first-order valence-corrected chi connectivity index (χ1v) is 10.2. The van der Waals surface area contributed by atoms with Gasteiger partial charge in [-0.1, -0.05) is 19.1 Å². The van der Waals surface area contributed by atoms with E-state index in [0.29, 0.717) is 30.5 Å². The van der Waals surface area contributed by atoms with Gasteiger partial charge in [-0.05, 0) is 31.4 Å². The van der Waals surface area contributed by atoms with E-state index in [9.17, 15) is 19.6 Å². The molecule has 2 aliphatic heterocycles. The molecular formula is C20H20N4O3S. The first-order valence-electron chi connectivity index (χ1n) is 9.34. The number of thioether (sulfide) groups is 1. The van der Waals surface area contributed by atoms with Gasteiger partial charge in [-0.3, -0.25) is 14.2 Å². The minimum absolute atomic E-state index is 0.0228. The summed E-state index contributed by atoms with van der Waals surface area (Å²) in [7, 11) is 0. The lowest BCUT2D eigenvalue weighted by molar-refractivity contribution is -0.119. The van der Waals surface area contributed by atoms with Crippen molar-refractivity contribution in [2.45, 2.75) is 49.4 Å². The second-order valence-electron chi connectivity index (χ2n) is 7.09. The smallest absolute Gasteiger partial charge is 0.310 e. The molecule has 4 rings (SSSR count). The molecule has 0 unspecified atom stereocenters. The normalized spacial score (nSPS) is 18.1. The van der Waals surface area contributed by atoms with Crippen LogP contribution < -0.4 is 16.1 Å². The summed E-state index contributed by atoms with van der Waals surface area (Å²) in [5.74, 6) is -0.316. The van der Waals surface area contributed by atoms with E-state index in [1.54, 1.807) is 16.7 Å². The zero-order valence-corrected chi connectivity index (χ0v) is 16.4. The predicted molar refractivity (Wildman–Crippen MR) is 107 cm³/mol. The maximum Gasteiger partial charge on any atom is 0.331 e. The Morgan fingerprint density at radius 1 is 1.29 bits per heavy atom. The molecule has 0 fully saturated rings. The first-order chi connectivity index (χ1) is 13.5. The second kappa shape index (κ2) is 7.32. The fraction of sp³-hybridized carbons (Fsp3) is 0.400. The Morgan fingerprint density at radius 3 is 2.86 bits per heavy atom. The van der Waals surface area contributed by atoms with E-state index < -0.39 is 11.2 Å². The predicted octanol–water partition coefficient (Wildman–Crippen LogP) is 1.75. The van der Waals surface area contributed by atoms with Crippen LogP contribution in [-0.4, -0.2) is 26.8 Å². The van der Waals surface area contributed by atoms with Crippen molar-refractivity contribution >= 4 is 23.4 Å². The number of anilines is 1. The van der Waals surface area contributed by atoms with Crippen LogP contribution in [0, 0.1) is 11.3 Å². The van der Waals surface area contributed by atoms with Gasteiger partial charge in [-0.25, -0.2) is 9.36 Å².